The standard InChI is InChI=1S/C13H18N2O/c1-2-10-5-3-4-6-12(10)15-13(16)9-14-11-7-8-11/h3-6,11,14H,2,7-9H2,1H3,(H,15,16). The van der Waals surface area contributed by atoms with Crippen LogP contribution in [0.4, 0.5) is 5.69 Å². The molecule has 0 radical (unpaired) electrons. The van der Waals surface area contributed by atoms with Crippen LogP contribution in [0.15, 0.2) is 24.3 Å². The molecule has 0 bridgehead atoms. The smallest absolute Gasteiger partial charge is 0.238 e. The molecule has 1 aliphatic carbocycles. The lowest BCUT2D eigenvalue weighted by molar-refractivity contribution is -0.115. The van der Waals surface area contributed by atoms with Crippen LogP contribution >= 0.6 is 0 Å². The number of amides is 1. The fourth-order valence-electron chi connectivity index (χ4n) is 1.67. The number of carbonyl (C=O) groups is 1. The van der Waals surface area contributed by atoms with Gasteiger partial charge < -0.3 is 10.6 Å². The fraction of sp³-hybridized carbons (Fsp3) is 0.462. The van der Waals surface area contributed by atoms with Gasteiger partial charge in [-0.3, -0.25) is 4.79 Å². The largest absolute Gasteiger partial charge is 0.325 e. The Kier molecular flexibility index (Phi) is 3.57. The van der Waals surface area contributed by atoms with Gasteiger partial charge in [-0.2, -0.15) is 0 Å². The second kappa shape index (κ2) is 5.12. The molecule has 2 rings (SSSR count). The monoisotopic (exact) mass is 218 g/mol. The summed E-state index contributed by atoms with van der Waals surface area (Å²) < 4.78 is 0. The van der Waals surface area contributed by atoms with Crippen LogP contribution in [-0.2, 0) is 11.2 Å². The topological polar surface area (TPSA) is 41.1 Å². The van der Waals surface area contributed by atoms with Crippen LogP contribution in [0.1, 0.15) is 25.3 Å². The highest BCUT2D eigenvalue weighted by Gasteiger charge is 2.21. The summed E-state index contributed by atoms with van der Waals surface area (Å²) in [6.07, 6.45) is 3.35. The molecule has 0 unspecified atom stereocenters. The molecule has 86 valence electrons. The van der Waals surface area contributed by atoms with Crippen LogP contribution < -0.4 is 10.6 Å². The van der Waals surface area contributed by atoms with Crippen LogP contribution in [0.3, 0.4) is 0 Å². The Bertz CT molecular complexity index is 372. The number of para-hydroxylation sites is 1. The Hall–Kier alpha value is -1.35. The Morgan fingerprint density at radius 2 is 2.12 bits per heavy atom. The Morgan fingerprint density at radius 1 is 1.38 bits per heavy atom. The average molecular weight is 218 g/mol. The summed E-state index contributed by atoms with van der Waals surface area (Å²) in [5.41, 5.74) is 2.12. The van der Waals surface area contributed by atoms with Crippen molar-refractivity contribution >= 4 is 11.6 Å². The van der Waals surface area contributed by atoms with Crippen molar-refractivity contribution in [1.29, 1.82) is 0 Å². The lowest BCUT2D eigenvalue weighted by Gasteiger charge is -2.09. The normalized spacial score (nSPS) is 14.8. The minimum absolute atomic E-state index is 0.0489. The molecule has 1 amide bonds. The van der Waals surface area contributed by atoms with Crippen LogP contribution in [0.5, 0.6) is 0 Å². The molecule has 1 fully saturated rings. The molecule has 1 aromatic carbocycles. The first-order chi connectivity index (χ1) is 7.79. The Balaban J connectivity index is 1.88. The minimum Gasteiger partial charge on any atom is -0.325 e. The van der Waals surface area contributed by atoms with E-state index >= 15 is 0 Å². The average Bonchev–Trinajstić information content (AvgIpc) is 3.11. The zero-order valence-corrected chi connectivity index (χ0v) is 9.62. The van der Waals surface area contributed by atoms with E-state index in [0.29, 0.717) is 12.6 Å². The van der Waals surface area contributed by atoms with Crippen LogP contribution in [0.25, 0.3) is 0 Å². The third-order valence-corrected chi connectivity index (χ3v) is 2.80. The van der Waals surface area contributed by atoms with Crippen molar-refractivity contribution in [1.82, 2.24) is 5.32 Å². The first-order valence-corrected chi connectivity index (χ1v) is 5.90. The summed E-state index contributed by atoms with van der Waals surface area (Å²) in [6, 6.07) is 8.52. The zero-order valence-electron chi connectivity index (χ0n) is 9.62. The van der Waals surface area contributed by atoms with Gasteiger partial charge in [-0.05, 0) is 30.9 Å². The van der Waals surface area contributed by atoms with E-state index in [1.165, 1.54) is 18.4 Å². The maximum absolute atomic E-state index is 11.6. The van der Waals surface area contributed by atoms with Gasteiger partial charge in [0, 0.05) is 11.7 Å². The number of rotatable bonds is 5. The zero-order chi connectivity index (χ0) is 11.4. The van der Waals surface area contributed by atoms with Gasteiger partial charge in [-0.15, -0.1) is 0 Å². The lowest BCUT2D eigenvalue weighted by Crippen LogP contribution is -2.29. The summed E-state index contributed by atoms with van der Waals surface area (Å²) in [7, 11) is 0. The van der Waals surface area contributed by atoms with E-state index in [9.17, 15) is 4.79 Å². The summed E-state index contributed by atoms with van der Waals surface area (Å²) >= 11 is 0. The molecule has 0 atom stereocenters. The number of aryl methyl sites for hydroxylation is 1. The van der Waals surface area contributed by atoms with E-state index in [1.807, 2.05) is 24.3 Å². The van der Waals surface area contributed by atoms with Gasteiger partial charge in [0.15, 0.2) is 0 Å². The van der Waals surface area contributed by atoms with E-state index in [1.54, 1.807) is 0 Å². The molecule has 2 N–H and O–H groups in total. The van der Waals surface area contributed by atoms with Crippen LogP contribution in [0.2, 0.25) is 0 Å². The molecule has 1 saturated carbocycles. The second-order valence-corrected chi connectivity index (χ2v) is 4.21. The molecule has 0 aliphatic heterocycles. The van der Waals surface area contributed by atoms with E-state index in [2.05, 4.69) is 17.6 Å². The minimum atomic E-state index is 0.0489. The molecule has 0 heterocycles. The fourth-order valence-corrected chi connectivity index (χ4v) is 1.67. The van der Waals surface area contributed by atoms with Crippen LogP contribution in [0, 0.1) is 0 Å². The maximum Gasteiger partial charge on any atom is 0.238 e. The molecular formula is C13H18N2O. The highest BCUT2D eigenvalue weighted by molar-refractivity contribution is 5.93. The quantitative estimate of drug-likeness (QED) is 0.793. The van der Waals surface area contributed by atoms with Gasteiger partial charge in [-0.1, -0.05) is 25.1 Å². The highest BCUT2D eigenvalue weighted by Crippen LogP contribution is 2.18. The van der Waals surface area contributed by atoms with Crippen LogP contribution in [-0.4, -0.2) is 18.5 Å². The van der Waals surface area contributed by atoms with Gasteiger partial charge in [0.25, 0.3) is 0 Å². The van der Waals surface area contributed by atoms with Crippen molar-refractivity contribution < 1.29 is 4.79 Å². The van der Waals surface area contributed by atoms with Crippen molar-refractivity contribution in [3.63, 3.8) is 0 Å². The third kappa shape index (κ3) is 3.07. The molecule has 1 aliphatic rings. The molecule has 0 spiro atoms. The number of benzene rings is 1. The summed E-state index contributed by atoms with van der Waals surface area (Å²) in [6.45, 7) is 2.51. The number of hydrogen-bond donors (Lipinski definition) is 2. The number of nitrogens with one attached hydrogen (secondary N) is 2. The second-order valence-electron chi connectivity index (χ2n) is 4.21. The Labute approximate surface area is 96.2 Å². The highest BCUT2D eigenvalue weighted by atomic mass is 16.1. The predicted octanol–water partition coefficient (Wildman–Crippen LogP) is 1.94. The van der Waals surface area contributed by atoms with E-state index in [0.717, 1.165) is 12.1 Å². The molecule has 1 aromatic rings. The van der Waals surface area contributed by atoms with E-state index in [-0.39, 0.29) is 5.91 Å². The van der Waals surface area contributed by atoms with Gasteiger partial charge in [0.05, 0.1) is 6.54 Å². The summed E-state index contributed by atoms with van der Waals surface area (Å²) in [4.78, 5) is 11.6. The lowest BCUT2D eigenvalue weighted by atomic mass is 10.1. The molecule has 16 heavy (non-hydrogen) atoms. The molecular weight excluding hydrogens is 200 g/mol. The van der Waals surface area contributed by atoms with E-state index < -0.39 is 0 Å². The summed E-state index contributed by atoms with van der Waals surface area (Å²) in [5.74, 6) is 0.0489. The number of anilines is 1. The SMILES string of the molecule is CCc1ccccc1NC(=O)CNC1CC1. The third-order valence-electron chi connectivity index (χ3n) is 2.80. The van der Waals surface area contributed by atoms with Gasteiger partial charge in [0.2, 0.25) is 5.91 Å². The van der Waals surface area contributed by atoms with Crippen molar-refractivity contribution in [2.45, 2.75) is 32.2 Å². The molecule has 3 heteroatoms. The van der Waals surface area contributed by atoms with Gasteiger partial charge >= 0.3 is 0 Å². The Morgan fingerprint density at radius 3 is 2.81 bits per heavy atom. The predicted molar refractivity (Wildman–Crippen MR) is 65.5 cm³/mol. The summed E-state index contributed by atoms with van der Waals surface area (Å²) in [5, 5.41) is 6.15. The maximum atomic E-state index is 11.6. The first-order valence-electron chi connectivity index (χ1n) is 5.90. The molecule has 3 nitrogen and oxygen atoms in total. The van der Waals surface area contributed by atoms with Crippen molar-refractivity contribution in [2.75, 3.05) is 11.9 Å². The van der Waals surface area contributed by atoms with Gasteiger partial charge in [-0.25, -0.2) is 0 Å². The first kappa shape index (κ1) is 11.1. The van der Waals surface area contributed by atoms with Gasteiger partial charge in [0.1, 0.15) is 0 Å². The number of carbonyl (C=O) groups excluding carboxylic acids is 1. The number of hydrogen-bond acceptors (Lipinski definition) is 2. The van der Waals surface area contributed by atoms with Crippen molar-refractivity contribution in [3.05, 3.63) is 29.8 Å². The molecule has 0 aromatic heterocycles. The van der Waals surface area contributed by atoms with Crippen molar-refractivity contribution in [2.24, 2.45) is 0 Å². The van der Waals surface area contributed by atoms with E-state index in [4.69, 9.17) is 0 Å². The molecule has 0 saturated heterocycles. The van der Waals surface area contributed by atoms with Crippen molar-refractivity contribution in [3.8, 4) is 0 Å².